The standard InChI is InChI=1S/C33H33N5O5/c39-30-24-14-23-16-33(17-28(23)34-19-24)26-13-21(18-35-29(26)37-32(33)41)5-4-9-42-11-12-43-10-8-38-20-25(15-27(36-30)31(38)40)22-6-2-1-3-7-22/h1-7,13-14,18-19,25,27H,8-12,15-17,20H2,(H,36,39)(H,35,37,41)/b5-4-/t25?,27?,33-/m0/s1. The number of carbonyl (C=O) groups excluding carboxylic acids is 3. The van der Waals surface area contributed by atoms with E-state index in [9.17, 15) is 14.4 Å². The third-order valence-electron chi connectivity index (χ3n) is 8.92. The van der Waals surface area contributed by atoms with Crippen LogP contribution in [-0.4, -0.2) is 78.1 Å². The second-order valence-electron chi connectivity index (χ2n) is 11.6. The smallest absolute Gasteiger partial charge is 0.253 e. The fourth-order valence-electron chi connectivity index (χ4n) is 6.68. The number of hydrogen-bond donors (Lipinski definition) is 2. The summed E-state index contributed by atoms with van der Waals surface area (Å²) in [7, 11) is 0. The lowest BCUT2D eigenvalue weighted by molar-refractivity contribution is -0.137. The Hall–Kier alpha value is -4.41. The van der Waals surface area contributed by atoms with Crippen molar-refractivity contribution >= 4 is 29.6 Å². The molecule has 0 saturated carbocycles. The summed E-state index contributed by atoms with van der Waals surface area (Å²) in [5.41, 5.74) is 4.01. The van der Waals surface area contributed by atoms with Gasteiger partial charge in [-0.25, -0.2) is 4.98 Å². The van der Waals surface area contributed by atoms with Crippen LogP contribution in [0.2, 0.25) is 0 Å². The Morgan fingerprint density at radius 1 is 0.953 bits per heavy atom. The number of fused-ring (bicyclic) bond motifs is 4. The van der Waals surface area contributed by atoms with Gasteiger partial charge in [0, 0.05) is 49.1 Å². The summed E-state index contributed by atoms with van der Waals surface area (Å²) in [6, 6.07) is 13.2. The van der Waals surface area contributed by atoms with Crippen LogP contribution >= 0.6 is 0 Å². The van der Waals surface area contributed by atoms with Gasteiger partial charge in [-0.2, -0.15) is 0 Å². The minimum Gasteiger partial charge on any atom is -0.377 e. The maximum atomic E-state index is 13.5. The summed E-state index contributed by atoms with van der Waals surface area (Å²) in [5.74, 6) is 0.0385. The SMILES string of the molecule is O=C1NC2CC(c3ccccc3)CN(CCOCCOC/C=C\c3cnc4c(c3)[C@@]3(Cc5cc1cnc5C3)C(=O)N4)C2=O. The van der Waals surface area contributed by atoms with E-state index in [1.54, 1.807) is 17.3 Å². The van der Waals surface area contributed by atoms with Crippen LogP contribution in [0.15, 0.2) is 60.9 Å². The molecule has 7 rings (SSSR count). The molecule has 3 aromatic rings. The first-order valence-corrected chi connectivity index (χ1v) is 14.8. The molecule has 10 nitrogen and oxygen atoms in total. The molecule has 10 heteroatoms. The van der Waals surface area contributed by atoms with Gasteiger partial charge in [0.2, 0.25) is 11.8 Å². The van der Waals surface area contributed by atoms with Crippen molar-refractivity contribution in [2.75, 3.05) is 44.8 Å². The Balaban J connectivity index is 1.19. The molecular formula is C33H33N5O5. The Labute approximate surface area is 249 Å². The molecule has 220 valence electrons. The first kappa shape index (κ1) is 27.4. The quantitative estimate of drug-likeness (QED) is 0.455. The Kier molecular flexibility index (Phi) is 7.24. The number of pyridine rings is 2. The molecule has 1 saturated heterocycles. The van der Waals surface area contributed by atoms with E-state index in [2.05, 4.69) is 32.7 Å². The van der Waals surface area contributed by atoms with Crippen LogP contribution in [0.5, 0.6) is 0 Å². The van der Waals surface area contributed by atoms with Crippen molar-refractivity contribution in [2.24, 2.45) is 0 Å². The van der Waals surface area contributed by atoms with Crippen molar-refractivity contribution in [1.82, 2.24) is 20.2 Å². The predicted molar refractivity (Wildman–Crippen MR) is 158 cm³/mol. The number of hydrogen-bond acceptors (Lipinski definition) is 7. The molecule has 1 aromatic carbocycles. The Morgan fingerprint density at radius 3 is 2.70 bits per heavy atom. The second-order valence-corrected chi connectivity index (χ2v) is 11.6. The third kappa shape index (κ3) is 5.21. The van der Waals surface area contributed by atoms with E-state index in [0.717, 1.165) is 27.9 Å². The fraction of sp³-hybridized carbons (Fsp3) is 0.364. The Morgan fingerprint density at radius 2 is 1.81 bits per heavy atom. The Bertz CT molecular complexity index is 1610. The number of benzene rings is 1. The summed E-state index contributed by atoms with van der Waals surface area (Å²) < 4.78 is 11.5. The molecule has 2 N–H and O–H groups in total. The molecule has 3 atom stereocenters. The molecule has 3 amide bonds. The molecular weight excluding hydrogens is 546 g/mol. The van der Waals surface area contributed by atoms with E-state index in [0.29, 0.717) is 70.2 Å². The number of nitrogens with zero attached hydrogens (tertiary/aromatic N) is 3. The number of anilines is 1. The van der Waals surface area contributed by atoms with Gasteiger partial charge in [-0.1, -0.05) is 42.5 Å². The van der Waals surface area contributed by atoms with Crippen LogP contribution in [0.25, 0.3) is 6.08 Å². The highest BCUT2D eigenvalue weighted by Crippen LogP contribution is 2.46. The van der Waals surface area contributed by atoms with Gasteiger partial charge in [0.25, 0.3) is 5.91 Å². The highest BCUT2D eigenvalue weighted by Gasteiger charge is 2.52. The number of nitrogens with one attached hydrogen (secondary N) is 2. The van der Waals surface area contributed by atoms with Crippen LogP contribution in [0.1, 0.15) is 50.6 Å². The molecule has 4 aliphatic rings. The van der Waals surface area contributed by atoms with Gasteiger partial charge in [-0.15, -0.1) is 0 Å². The number of carbonyl (C=O) groups is 3. The third-order valence-corrected chi connectivity index (χ3v) is 8.92. The summed E-state index contributed by atoms with van der Waals surface area (Å²) in [6.07, 6.45) is 8.46. The largest absolute Gasteiger partial charge is 0.377 e. The van der Waals surface area contributed by atoms with Crippen molar-refractivity contribution in [3.05, 3.63) is 94.4 Å². The molecule has 2 aromatic heterocycles. The molecule has 43 heavy (non-hydrogen) atoms. The summed E-state index contributed by atoms with van der Waals surface area (Å²) in [6.45, 7) is 2.58. The van der Waals surface area contributed by atoms with E-state index in [1.165, 1.54) is 0 Å². The fourth-order valence-corrected chi connectivity index (χ4v) is 6.68. The first-order valence-electron chi connectivity index (χ1n) is 14.8. The number of rotatable bonds is 1. The van der Waals surface area contributed by atoms with Gasteiger partial charge in [0.05, 0.1) is 37.4 Å². The lowest BCUT2D eigenvalue weighted by Gasteiger charge is -2.37. The van der Waals surface area contributed by atoms with E-state index >= 15 is 0 Å². The van der Waals surface area contributed by atoms with Gasteiger partial charge >= 0.3 is 0 Å². The lowest BCUT2D eigenvalue weighted by atomic mass is 9.79. The van der Waals surface area contributed by atoms with E-state index in [1.807, 2.05) is 42.5 Å². The molecule has 7 bridgehead atoms. The molecule has 1 fully saturated rings. The van der Waals surface area contributed by atoms with Crippen molar-refractivity contribution in [3.8, 4) is 0 Å². The van der Waals surface area contributed by atoms with Crippen molar-refractivity contribution in [2.45, 2.75) is 36.6 Å². The average Bonchev–Trinajstić information content (AvgIpc) is 3.54. The van der Waals surface area contributed by atoms with Crippen LogP contribution < -0.4 is 10.6 Å². The zero-order valence-corrected chi connectivity index (χ0v) is 23.8. The monoisotopic (exact) mass is 579 g/mol. The van der Waals surface area contributed by atoms with Crippen LogP contribution in [-0.2, 0) is 37.3 Å². The highest BCUT2D eigenvalue weighted by molar-refractivity contribution is 6.06. The predicted octanol–water partition coefficient (Wildman–Crippen LogP) is 2.64. The molecule has 5 heterocycles. The number of ether oxygens (including phenoxy) is 2. The maximum Gasteiger partial charge on any atom is 0.253 e. The van der Waals surface area contributed by atoms with Gasteiger partial charge < -0.3 is 25.0 Å². The van der Waals surface area contributed by atoms with Crippen molar-refractivity contribution in [1.29, 1.82) is 0 Å². The molecule has 3 aliphatic heterocycles. The van der Waals surface area contributed by atoms with Gasteiger partial charge in [0.15, 0.2) is 0 Å². The van der Waals surface area contributed by atoms with E-state index < -0.39 is 11.5 Å². The second kappa shape index (κ2) is 11.3. The van der Waals surface area contributed by atoms with Gasteiger partial charge in [0.1, 0.15) is 11.9 Å². The molecule has 1 spiro atoms. The zero-order valence-electron chi connectivity index (χ0n) is 23.8. The topological polar surface area (TPSA) is 123 Å². The maximum absolute atomic E-state index is 13.5. The summed E-state index contributed by atoms with van der Waals surface area (Å²) in [4.78, 5) is 51.4. The van der Waals surface area contributed by atoms with Crippen molar-refractivity contribution in [3.63, 3.8) is 0 Å². The van der Waals surface area contributed by atoms with E-state index in [4.69, 9.17) is 9.47 Å². The molecule has 1 aliphatic carbocycles. The zero-order chi connectivity index (χ0) is 29.4. The average molecular weight is 580 g/mol. The molecule has 0 radical (unpaired) electrons. The highest BCUT2D eigenvalue weighted by atomic mass is 16.5. The van der Waals surface area contributed by atoms with Crippen LogP contribution in [0.3, 0.4) is 0 Å². The summed E-state index contributed by atoms with van der Waals surface area (Å²) >= 11 is 0. The van der Waals surface area contributed by atoms with Gasteiger partial charge in [-0.3, -0.25) is 19.4 Å². The normalized spacial score (nSPS) is 26.3. The molecule has 2 unspecified atom stereocenters. The van der Waals surface area contributed by atoms with Crippen LogP contribution in [0.4, 0.5) is 5.82 Å². The minimum absolute atomic E-state index is 0.0716. The van der Waals surface area contributed by atoms with E-state index in [-0.39, 0.29) is 23.6 Å². The minimum atomic E-state index is -0.829. The summed E-state index contributed by atoms with van der Waals surface area (Å²) in [5, 5.41) is 5.94. The first-order chi connectivity index (χ1) is 21.0. The van der Waals surface area contributed by atoms with Gasteiger partial charge in [-0.05, 0) is 41.7 Å². The van der Waals surface area contributed by atoms with Crippen molar-refractivity contribution < 1.29 is 23.9 Å². The lowest BCUT2D eigenvalue weighted by Crippen LogP contribution is -2.55. The van der Waals surface area contributed by atoms with Crippen LogP contribution in [0, 0.1) is 0 Å². The number of aromatic nitrogens is 2. The number of piperidine rings is 1. The number of amides is 3.